The molecule has 110 valence electrons. The molecule has 0 aliphatic carbocycles. The minimum atomic E-state index is -3.99. The van der Waals surface area contributed by atoms with Gasteiger partial charge in [0, 0.05) is 19.0 Å². The fraction of sp³-hybridized carbons (Fsp3) is 0.417. The molecule has 20 heavy (non-hydrogen) atoms. The summed E-state index contributed by atoms with van der Waals surface area (Å²) < 4.78 is 30.7. The summed E-state index contributed by atoms with van der Waals surface area (Å²) >= 11 is 0. The van der Waals surface area contributed by atoms with Gasteiger partial charge in [0.1, 0.15) is 11.8 Å². The number of rotatable bonds is 4. The third-order valence-corrected chi connectivity index (χ3v) is 5.04. The van der Waals surface area contributed by atoms with Crippen molar-refractivity contribution in [1.29, 1.82) is 0 Å². The van der Waals surface area contributed by atoms with Crippen molar-refractivity contribution < 1.29 is 28.2 Å². The Morgan fingerprint density at radius 3 is 2.75 bits per heavy atom. The number of carboxylic acid groups (broad SMARTS) is 1. The number of carbonyl (C=O) groups is 1. The molecule has 2 atom stereocenters. The average Bonchev–Trinajstić information content (AvgIpc) is 2.82. The fourth-order valence-electron chi connectivity index (χ4n) is 2.17. The van der Waals surface area contributed by atoms with Crippen LogP contribution >= 0.6 is 0 Å². The van der Waals surface area contributed by atoms with Crippen molar-refractivity contribution in [1.82, 2.24) is 4.31 Å². The van der Waals surface area contributed by atoms with Crippen LogP contribution in [0.15, 0.2) is 29.2 Å². The summed E-state index contributed by atoms with van der Waals surface area (Å²) in [6.07, 6.45) is -1.09. The summed E-state index contributed by atoms with van der Waals surface area (Å²) in [4.78, 5) is 11.1. The normalized spacial score (nSPS) is 23.7. The standard InChI is InChI=1S/C12H15NO6S/c1-19-9-3-2-4-10(6-9)20(17,18)13-7-8(14)5-11(13)12(15)16/h2-4,6,8,11,14H,5,7H2,1H3,(H,15,16). The molecule has 0 radical (unpaired) electrons. The highest BCUT2D eigenvalue weighted by atomic mass is 32.2. The lowest BCUT2D eigenvalue weighted by Crippen LogP contribution is -2.40. The van der Waals surface area contributed by atoms with Crippen molar-refractivity contribution in [2.75, 3.05) is 13.7 Å². The molecule has 0 bridgehead atoms. The molecule has 0 amide bonds. The lowest BCUT2D eigenvalue weighted by Gasteiger charge is -2.20. The third kappa shape index (κ3) is 2.62. The number of aliphatic carboxylic acids is 1. The Morgan fingerprint density at radius 1 is 1.45 bits per heavy atom. The van der Waals surface area contributed by atoms with Gasteiger partial charge in [0.25, 0.3) is 0 Å². The zero-order chi connectivity index (χ0) is 14.9. The van der Waals surface area contributed by atoms with E-state index in [1.165, 1.54) is 25.3 Å². The Morgan fingerprint density at radius 2 is 2.15 bits per heavy atom. The number of carboxylic acids is 1. The van der Waals surface area contributed by atoms with Crippen LogP contribution in [-0.4, -0.2) is 54.7 Å². The van der Waals surface area contributed by atoms with E-state index in [9.17, 15) is 18.3 Å². The monoisotopic (exact) mass is 301 g/mol. The van der Waals surface area contributed by atoms with E-state index >= 15 is 0 Å². The van der Waals surface area contributed by atoms with Gasteiger partial charge in [-0.2, -0.15) is 4.31 Å². The Kier molecular flexibility index (Phi) is 3.98. The number of ether oxygens (including phenoxy) is 1. The van der Waals surface area contributed by atoms with Crippen molar-refractivity contribution in [2.24, 2.45) is 0 Å². The van der Waals surface area contributed by atoms with Gasteiger partial charge in [-0.15, -0.1) is 0 Å². The van der Waals surface area contributed by atoms with Crippen LogP contribution in [0.2, 0.25) is 0 Å². The summed E-state index contributed by atoms with van der Waals surface area (Å²) in [7, 11) is -2.58. The van der Waals surface area contributed by atoms with Crippen LogP contribution in [0.4, 0.5) is 0 Å². The van der Waals surface area contributed by atoms with Crippen LogP contribution in [0.25, 0.3) is 0 Å². The second-order valence-corrected chi connectivity index (χ2v) is 6.39. The molecule has 1 saturated heterocycles. The molecule has 7 nitrogen and oxygen atoms in total. The van der Waals surface area contributed by atoms with Crippen molar-refractivity contribution in [3.05, 3.63) is 24.3 Å². The van der Waals surface area contributed by atoms with Crippen molar-refractivity contribution >= 4 is 16.0 Å². The van der Waals surface area contributed by atoms with Crippen LogP contribution in [0.1, 0.15) is 6.42 Å². The number of nitrogens with zero attached hydrogens (tertiary/aromatic N) is 1. The number of hydrogen-bond acceptors (Lipinski definition) is 5. The molecule has 2 rings (SSSR count). The Hall–Kier alpha value is -1.64. The van der Waals surface area contributed by atoms with E-state index in [2.05, 4.69) is 0 Å². The highest BCUT2D eigenvalue weighted by Gasteiger charge is 2.43. The van der Waals surface area contributed by atoms with Gasteiger partial charge in [0.05, 0.1) is 18.1 Å². The lowest BCUT2D eigenvalue weighted by atomic mass is 10.2. The largest absolute Gasteiger partial charge is 0.497 e. The average molecular weight is 301 g/mol. The number of benzene rings is 1. The zero-order valence-electron chi connectivity index (χ0n) is 10.8. The summed E-state index contributed by atoms with van der Waals surface area (Å²) in [5, 5.41) is 18.6. The molecule has 1 aromatic carbocycles. The molecule has 0 saturated carbocycles. The summed E-state index contributed by atoms with van der Waals surface area (Å²) in [6.45, 7) is -0.226. The van der Waals surface area contributed by atoms with Crippen molar-refractivity contribution in [3.8, 4) is 5.75 Å². The van der Waals surface area contributed by atoms with Crippen LogP contribution in [0.5, 0.6) is 5.75 Å². The molecule has 1 aliphatic rings. The number of β-amino-alcohol motifs (C(OH)–C–C–N with tert-alkyl or cyclic N) is 1. The molecule has 0 spiro atoms. The van der Waals surface area contributed by atoms with E-state index in [1.807, 2.05) is 0 Å². The van der Waals surface area contributed by atoms with E-state index in [0.717, 1.165) is 4.31 Å². The minimum Gasteiger partial charge on any atom is -0.497 e. The van der Waals surface area contributed by atoms with Gasteiger partial charge in [-0.3, -0.25) is 4.79 Å². The quantitative estimate of drug-likeness (QED) is 0.805. The molecule has 1 fully saturated rings. The summed E-state index contributed by atoms with van der Waals surface area (Å²) in [5.74, 6) is -0.911. The third-order valence-electron chi connectivity index (χ3n) is 3.17. The first kappa shape index (κ1) is 14.8. The maximum atomic E-state index is 12.5. The number of aliphatic hydroxyl groups excluding tert-OH is 1. The first-order chi connectivity index (χ1) is 9.36. The maximum Gasteiger partial charge on any atom is 0.322 e. The SMILES string of the molecule is COc1cccc(S(=O)(=O)N2CC(O)CC2C(=O)O)c1. The van der Waals surface area contributed by atoms with Gasteiger partial charge in [-0.1, -0.05) is 6.07 Å². The second kappa shape index (κ2) is 5.39. The van der Waals surface area contributed by atoms with Crippen LogP contribution < -0.4 is 4.74 Å². The number of sulfonamides is 1. The van der Waals surface area contributed by atoms with Gasteiger partial charge in [-0.05, 0) is 12.1 Å². The second-order valence-electron chi connectivity index (χ2n) is 4.50. The molecular formula is C12H15NO6S. The highest BCUT2D eigenvalue weighted by Crippen LogP contribution is 2.28. The van der Waals surface area contributed by atoms with E-state index in [-0.39, 0.29) is 17.9 Å². The predicted molar refractivity (Wildman–Crippen MR) is 68.9 cm³/mol. The topological polar surface area (TPSA) is 104 Å². The van der Waals surface area contributed by atoms with E-state index in [1.54, 1.807) is 6.07 Å². The van der Waals surface area contributed by atoms with E-state index in [0.29, 0.717) is 5.75 Å². The summed E-state index contributed by atoms with van der Waals surface area (Å²) in [5.41, 5.74) is 0. The minimum absolute atomic E-state index is 0.0581. The van der Waals surface area contributed by atoms with Gasteiger partial charge < -0.3 is 14.9 Å². The van der Waals surface area contributed by atoms with E-state index in [4.69, 9.17) is 9.84 Å². The first-order valence-electron chi connectivity index (χ1n) is 5.93. The van der Waals surface area contributed by atoms with Crippen LogP contribution in [-0.2, 0) is 14.8 Å². The van der Waals surface area contributed by atoms with Crippen molar-refractivity contribution in [3.63, 3.8) is 0 Å². The molecule has 2 N–H and O–H groups in total. The van der Waals surface area contributed by atoms with Crippen LogP contribution in [0.3, 0.4) is 0 Å². The highest BCUT2D eigenvalue weighted by molar-refractivity contribution is 7.89. The Balaban J connectivity index is 2.40. The Bertz CT molecular complexity index is 614. The lowest BCUT2D eigenvalue weighted by molar-refractivity contribution is -0.140. The molecular weight excluding hydrogens is 286 g/mol. The predicted octanol–water partition coefficient (Wildman–Crippen LogP) is -0.0963. The molecule has 8 heteroatoms. The smallest absolute Gasteiger partial charge is 0.322 e. The van der Waals surface area contributed by atoms with Crippen molar-refractivity contribution in [2.45, 2.75) is 23.5 Å². The summed E-state index contributed by atoms with van der Waals surface area (Å²) in [6, 6.07) is 4.53. The van der Waals surface area contributed by atoms with Gasteiger partial charge in [0.15, 0.2) is 0 Å². The molecule has 2 unspecified atom stereocenters. The van der Waals surface area contributed by atoms with Gasteiger partial charge in [0.2, 0.25) is 10.0 Å². The molecule has 1 aromatic rings. The number of methoxy groups -OCH3 is 1. The van der Waals surface area contributed by atoms with Gasteiger partial charge in [-0.25, -0.2) is 8.42 Å². The maximum absolute atomic E-state index is 12.5. The number of aliphatic hydroxyl groups is 1. The first-order valence-corrected chi connectivity index (χ1v) is 7.37. The Labute approximate surface area is 116 Å². The molecule has 0 aromatic heterocycles. The van der Waals surface area contributed by atoms with Crippen LogP contribution in [0, 0.1) is 0 Å². The fourth-order valence-corrected chi connectivity index (χ4v) is 3.84. The zero-order valence-corrected chi connectivity index (χ0v) is 11.6. The van der Waals surface area contributed by atoms with Gasteiger partial charge >= 0.3 is 5.97 Å². The van der Waals surface area contributed by atoms with E-state index < -0.39 is 28.1 Å². The molecule has 1 heterocycles. The number of hydrogen-bond donors (Lipinski definition) is 2. The molecule has 1 aliphatic heterocycles.